The fourth-order valence-electron chi connectivity index (χ4n) is 2.28. The summed E-state index contributed by atoms with van der Waals surface area (Å²) in [7, 11) is 0. The average Bonchev–Trinajstić information content (AvgIpc) is 2.75. The maximum atomic E-state index is 3.53. The first-order chi connectivity index (χ1) is 8.19. The van der Waals surface area contributed by atoms with Crippen molar-refractivity contribution in [2.24, 2.45) is 0 Å². The van der Waals surface area contributed by atoms with Crippen molar-refractivity contribution >= 4 is 27.3 Å². The van der Waals surface area contributed by atoms with Crippen molar-refractivity contribution in [3.63, 3.8) is 0 Å². The van der Waals surface area contributed by atoms with Crippen molar-refractivity contribution in [3.05, 3.63) is 20.8 Å². The molecule has 1 atom stereocenters. The Hall–Kier alpha value is 0.1000. The van der Waals surface area contributed by atoms with Gasteiger partial charge in [-0.3, -0.25) is 9.80 Å². The van der Waals surface area contributed by atoms with Crippen LogP contribution in [0.25, 0.3) is 0 Å². The van der Waals surface area contributed by atoms with E-state index in [0.717, 1.165) is 12.6 Å². The van der Waals surface area contributed by atoms with Gasteiger partial charge < -0.3 is 0 Å². The van der Waals surface area contributed by atoms with Crippen molar-refractivity contribution < 1.29 is 0 Å². The Morgan fingerprint density at radius 1 is 1.29 bits per heavy atom. The van der Waals surface area contributed by atoms with Crippen molar-refractivity contribution in [2.45, 2.75) is 32.9 Å². The number of halogens is 1. The van der Waals surface area contributed by atoms with Gasteiger partial charge in [-0.15, -0.1) is 11.3 Å². The van der Waals surface area contributed by atoms with Gasteiger partial charge in [0.25, 0.3) is 0 Å². The van der Waals surface area contributed by atoms with E-state index in [1.165, 1.54) is 41.3 Å². The second kappa shape index (κ2) is 6.32. The number of thiophene rings is 1. The summed E-state index contributed by atoms with van der Waals surface area (Å²) in [6, 6.07) is 5.12. The van der Waals surface area contributed by atoms with E-state index in [1.54, 1.807) is 0 Å². The fourth-order valence-corrected chi connectivity index (χ4v) is 3.80. The topological polar surface area (TPSA) is 6.48 Å². The highest BCUT2D eigenvalue weighted by molar-refractivity contribution is 9.11. The fraction of sp³-hybridized carbons (Fsp3) is 0.692. The van der Waals surface area contributed by atoms with Gasteiger partial charge in [0.15, 0.2) is 0 Å². The molecule has 0 spiro atoms. The lowest BCUT2D eigenvalue weighted by Gasteiger charge is -2.37. The second-order valence-electron chi connectivity index (χ2n) is 4.78. The molecule has 17 heavy (non-hydrogen) atoms. The van der Waals surface area contributed by atoms with E-state index in [0.29, 0.717) is 0 Å². The Morgan fingerprint density at radius 3 is 2.53 bits per heavy atom. The first kappa shape index (κ1) is 13.5. The summed E-state index contributed by atoms with van der Waals surface area (Å²) in [6.45, 7) is 10.6. The molecule has 2 rings (SSSR count). The minimum absolute atomic E-state index is 0.744. The van der Waals surface area contributed by atoms with E-state index in [4.69, 9.17) is 0 Å². The summed E-state index contributed by atoms with van der Waals surface area (Å²) in [4.78, 5) is 6.65. The van der Waals surface area contributed by atoms with Crippen LogP contribution in [0, 0.1) is 0 Å². The van der Waals surface area contributed by atoms with E-state index in [9.17, 15) is 0 Å². The maximum absolute atomic E-state index is 3.53. The standard InChI is InChI=1S/C13H21BrN2S/c1-3-11(2)16-8-6-15(7-9-16)10-12-4-5-13(14)17-12/h4-5,11H,3,6-10H2,1-2H3. The molecule has 1 aromatic rings. The molecule has 1 aliphatic rings. The molecule has 1 unspecified atom stereocenters. The molecule has 1 aromatic heterocycles. The quantitative estimate of drug-likeness (QED) is 0.839. The molecular formula is C13H21BrN2S. The highest BCUT2D eigenvalue weighted by Gasteiger charge is 2.20. The third-order valence-corrected chi connectivity index (χ3v) is 5.24. The summed E-state index contributed by atoms with van der Waals surface area (Å²) >= 11 is 5.38. The highest BCUT2D eigenvalue weighted by Crippen LogP contribution is 2.23. The zero-order valence-corrected chi connectivity index (χ0v) is 13.1. The molecule has 4 heteroatoms. The van der Waals surface area contributed by atoms with Gasteiger partial charge in [-0.2, -0.15) is 0 Å². The van der Waals surface area contributed by atoms with Crippen LogP contribution in [0.5, 0.6) is 0 Å². The van der Waals surface area contributed by atoms with Crippen molar-refractivity contribution in [1.29, 1.82) is 0 Å². The van der Waals surface area contributed by atoms with Gasteiger partial charge in [0.05, 0.1) is 3.79 Å². The summed E-state index contributed by atoms with van der Waals surface area (Å²) < 4.78 is 1.24. The Balaban J connectivity index is 1.79. The monoisotopic (exact) mass is 316 g/mol. The largest absolute Gasteiger partial charge is 0.298 e. The van der Waals surface area contributed by atoms with E-state index in [2.05, 4.69) is 51.7 Å². The smallest absolute Gasteiger partial charge is 0.0701 e. The molecule has 1 saturated heterocycles. The van der Waals surface area contributed by atoms with E-state index >= 15 is 0 Å². The summed E-state index contributed by atoms with van der Waals surface area (Å²) in [5, 5.41) is 0. The lowest BCUT2D eigenvalue weighted by atomic mass is 10.2. The Bertz CT molecular complexity index is 345. The van der Waals surface area contributed by atoms with Crippen LogP contribution in [-0.4, -0.2) is 42.0 Å². The predicted molar refractivity (Wildman–Crippen MR) is 78.6 cm³/mol. The number of nitrogens with zero attached hydrogens (tertiary/aromatic N) is 2. The van der Waals surface area contributed by atoms with Crippen molar-refractivity contribution in [2.75, 3.05) is 26.2 Å². The van der Waals surface area contributed by atoms with E-state index < -0.39 is 0 Å². The molecular weight excluding hydrogens is 296 g/mol. The summed E-state index contributed by atoms with van der Waals surface area (Å²) in [6.07, 6.45) is 1.26. The van der Waals surface area contributed by atoms with Crippen molar-refractivity contribution in [1.82, 2.24) is 9.80 Å². The van der Waals surface area contributed by atoms with Crippen molar-refractivity contribution in [3.8, 4) is 0 Å². The minimum Gasteiger partial charge on any atom is -0.298 e. The van der Waals surface area contributed by atoms with Gasteiger partial charge >= 0.3 is 0 Å². The Morgan fingerprint density at radius 2 is 2.00 bits per heavy atom. The molecule has 96 valence electrons. The third kappa shape index (κ3) is 3.78. The second-order valence-corrected chi connectivity index (χ2v) is 7.32. The number of piperazine rings is 1. The third-order valence-electron chi connectivity index (χ3n) is 3.63. The number of hydrogen-bond acceptors (Lipinski definition) is 3. The molecule has 2 nitrogen and oxygen atoms in total. The SMILES string of the molecule is CCC(C)N1CCN(Cc2ccc(Br)s2)CC1. The lowest BCUT2D eigenvalue weighted by molar-refractivity contribution is 0.0970. The molecule has 1 fully saturated rings. The molecule has 0 saturated carbocycles. The van der Waals surface area contributed by atoms with Crippen LogP contribution >= 0.6 is 27.3 Å². The van der Waals surface area contributed by atoms with Gasteiger partial charge in [-0.1, -0.05) is 6.92 Å². The lowest BCUT2D eigenvalue weighted by Crippen LogP contribution is -2.48. The van der Waals surface area contributed by atoms with Gasteiger partial charge in [0.1, 0.15) is 0 Å². The normalized spacial score (nSPS) is 20.6. The molecule has 0 N–H and O–H groups in total. The summed E-state index contributed by atoms with van der Waals surface area (Å²) in [5.41, 5.74) is 0. The molecule has 0 radical (unpaired) electrons. The van der Waals surface area contributed by atoms with Crippen LogP contribution in [0.2, 0.25) is 0 Å². The van der Waals surface area contributed by atoms with Crippen LogP contribution in [0.15, 0.2) is 15.9 Å². The first-order valence-electron chi connectivity index (χ1n) is 6.39. The average molecular weight is 317 g/mol. The number of hydrogen-bond donors (Lipinski definition) is 0. The Labute approximate surface area is 117 Å². The zero-order chi connectivity index (χ0) is 12.3. The molecule has 0 aromatic carbocycles. The minimum atomic E-state index is 0.744. The van der Waals surface area contributed by atoms with Crippen LogP contribution in [0.3, 0.4) is 0 Å². The Kier molecular flexibility index (Phi) is 5.03. The van der Waals surface area contributed by atoms with Crippen LogP contribution < -0.4 is 0 Å². The molecule has 2 heterocycles. The summed E-state index contributed by atoms with van der Waals surface area (Å²) in [5.74, 6) is 0. The first-order valence-corrected chi connectivity index (χ1v) is 8.00. The van der Waals surface area contributed by atoms with E-state index in [1.807, 2.05) is 11.3 Å². The van der Waals surface area contributed by atoms with Gasteiger partial charge in [0, 0.05) is 43.6 Å². The molecule has 0 aliphatic carbocycles. The molecule has 1 aliphatic heterocycles. The highest BCUT2D eigenvalue weighted by atomic mass is 79.9. The van der Waals surface area contributed by atoms with Gasteiger partial charge in [-0.25, -0.2) is 0 Å². The predicted octanol–water partition coefficient (Wildman–Crippen LogP) is 3.43. The zero-order valence-electron chi connectivity index (χ0n) is 10.7. The maximum Gasteiger partial charge on any atom is 0.0701 e. The van der Waals surface area contributed by atoms with Gasteiger partial charge in [-0.05, 0) is 41.4 Å². The van der Waals surface area contributed by atoms with E-state index in [-0.39, 0.29) is 0 Å². The van der Waals surface area contributed by atoms with Crippen LogP contribution in [0.4, 0.5) is 0 Å². The van der Waals surface area contributed by atoms with Gasteiger partial charge in [0.2, 0.25) is 0 Å². The molecule has 0 amide bonds. The molecule has 0 bridgehead atoms. The van der Waals surface area contributed by atoms with Crippen LogP contribution in [0.1, 0.15) is 25.1 Å². The van der Waals surface area contributed by atoms with Crippen LogP contribution in [-0.2, 0) is 6.54 Å². The number of rotatable bonds is 4.